The van der Waals surface area contributed by atoms with Crippen molar-refractivity contribution in [2.45, 2.75) is 39.8 Å². The van der Waals surface area contributed by atoms with Gasteiger partial charge in [-0.3, -0.25) is 0 Å². The third kappa shape index (κ3) is 6.50. The van der Waals surface area contributed by atoms with Crippen LogP contribution in [-0.4, -0.2) is 38.1 Å². The zero-order valence-electron chi connectivity index (χ0n) is 18.2. The topological polar surface area (TPSA) is 85.7 Å². The molecule has 31 heavy (non-hydrogen) atoms. The van der Waals surface area contributed by atoms with Gasteiger partial charge in [0, 0.05) is 0 Å². The van der Waals surface area contributed by atoms with Crippen molar-refractivity contribution in [1.82, 2.24) is 15.3 Å². The van der Waals surface area contributed by atoms with E-state index in [4.69, 9.17) is 0 Å². The van der Waals surface area contributed by atoms with Crippen molar-refractivity contribution in [1.29, 1.82) is 0 Å². The Labute approximate surface area is 202 Å². The molecule has 0 unspecified atom stereocenters. The molecule has 166 valence electrons. The van der Waals surface area contributed by atoms with Crippen LogP contribution in [0.15, 0.2) is 55.8 Å². The van der Waals surface area contributed by atoms with Crippen LogP contribution in [0.25, 0.3) is 0 Å². The van der Waals surface area contributed by atoms with Gasteiger partial charge in [-0.2, -0.15) is 0 Å². The van der Waals surface area contributed by atoms with Gasteiger partial charge < -0.3 is 0 Å². The van der Waals surface area contributed by atoms with Crippen LogP contribution in [0.3, 0.4) is 0 Å². The molecule has 0 spiro atoms. The molecule has 0 aliphatic carbocycles. The van der Waals surface area contributed by atoms with Crippen LogP contribution in [0.4, 0.5) is 17.3 Å². The molecule has 0 bridgehead atoms. The van der Waals surface area contributed by atoms with E-state index in [-0.39, 0.29) is 6.04 Å². The molecule has 1 aliphatic heterocycles. The second kappa shape index (κ2) is 10.6. The Bertz CT molecular complexity index is 999. The number of anilines is 3. The SMILES string of the molecule is Cc1cc(C)nc(N(C)c2ccc(NC3=NC=C(Br)C(N[C@H](C)[C@@H](C)O)=C[I-]3)cc2)n1. The van der Waals surface area contributed by atoms with Crippen LogP contribution in [0.5, 0.6) is 0 Å². The summed E-state index contributed by atoms with van der Waals surface area (Å²) in [6, 6.07) is 10.1. The second-order valence-electron chi connectivity index (χ2n) is 7.38. The van der Waals surface area contributed by atoms with Gasteiger partial charge in [0.1, 0.15) is 0 Å². The van der Waals surface area contributed by atoms with Crippen molar-refractivity contribution >= 4 is 37.1 Å². The quantitative estimate of drug-likeness (QED) is 0.342. The number of hydrogen-bond donors (Lipinski definition) is 3. The number of hydrogen-bond acceptors (Lipinski definition) is 7. The van der Waals surface area contributed by atoms with Gasteiger partial charge in [0.2, 0.25) is 0 Å². The van der Waals surface area contributed by atoms with Crippen LogP contribution >= 0.6 is 15.9 Å². The van der Waals surface area contributed by atoms with Gasteiger partial charge in [-0.15, -0.1) is 0 Å². The predicted octanol–water partition coefficient (Wildman–Crippen LogP) is 1.17. The molecule has 0 amide bonds. The fourth-order valence-electron chi connectivity index (χ4n) is 2.76. The molecule has 3 rings (SSSR count). The minimum atomic E-state index is -0.468. The summed E-state index contributed by atoms with van der Waals surface area (Å²) in [5.41, 5.74) is 4.85. The van der Waals surface area contributed by atoms with Crippen LogP contribution in [-0.2, 0) is 0 Å². The molecule has 3 N–H and O–H groups in total. The number of rotatable bonds is 6. The fourth-order valence-corrected chi connectivity index (χ4v) is 5.40. The molecule has 2 aromatic rings. The van der Waals surface area contributed by atoms with E-state index in [1.54, 1.807) is 13.1 Å². The molecular weight excluding hydrogens is 571 g/mol. The first-order valence-electron chi connectivity index (χ1n) is 9.88. The van der Waals surface area contributed by atoms with E-state index < -0.39 is 27.3 Å². The second-order valence-corrected chi connectivity index (χ2v) is 10.5. The molecule has 7 nitrogen and oxygen atoms in total. The van der Waals surface area contributed by atoms with Crippen LogP contribution in [0.1, 0.15) is 25.2 Å². The first-order valence-corrected chi connectivity index (χ1v) is 13.0. The van der Waals surface area contributed by atoms with Crippen molar-refractivity contribution < 1.29 is 26.3 Å². The number of allylic oxidation sites excluding steroid dienone is 1. The maximum atomic E-state index is 9.75. The van der Waals surface area contributed by atoms with Crippen molar-refractivity contribution in [2.75, 3.05) is 17.3 Å². The standard InChI is InChI=1S/C22H27BrIN6O/c1-13-10-14(2)27-22(26-13)30(5)18-8-6-17(7-9-18)29-21-24-11-20(19(23)12-25-21)28-15(3)16(4)31/h6-12,15-16,28,31H,1-5H3,(H,25,29)/q-1/t15-,16-/m1/s1. The Hall–Kier alpha value is -1.98. The van der Waals surface area contributed by atoms with Gasteiger partial charge in [-0.1, -0.05) is 0 Å². The Kier molecular flexibility index (Phi) is 8.06. The molecule has 0 radical (unpaired) electrons. The first kappa shape index (κ1) is 23.7. The van der Waals surface area contributed by atoms with E-state index in [1.165, 1.54) is 0 Å². The monoisotopic (exact) mass is 597 g/mol. The molecule has 1 aromatic heterocycles. The van der Waals surface area contributed by atoms with Crippen molar-refractivity contribution in [3.63, 3.8) is 0 Å². The van der Waals surface area contributed by atoms with Crippen molar-refractivity contribution in [3.05, 3.63) is 62.2 Å². The molecule has 0 fully saturated rings. The molecule has 0 saturated heterocycles. The normalized spacial score (nSPS) is 16.0. The summed E-state index contributed by atoms with van der Waals surface area (Å²) in [4.78, 5) is 15.6. The summed E-state index contributed by atoms with van der Waals surface area (Å²) in [5, 5.41) is 16.5. The average molecular weight is 598 g/mol. The Morgan fingerprint density at radius 2 is 1.74 bits per heavy atom. The van der Waals surface area contributed by atoms with E-state index in [0.29, 0.717) is 5.95 Å². The van der Waals surface area contributed by atoms with Crippen molar-refractivity contribution in [2.24, 2.45) is 4.99 Å². The van der Waals surface area contributed by atoms with Gasteiger partial charge in [0.15, 0.2) is 0 Å². The van der Waals surface area contributed by atoms with E-state index >= 15 is 0 Å². The van der Waals surface area contributed by atoms with Gasteiger partial charge in [0.05, 0.1) is 0 Å². The number of nitrogens with one attached hydrogen (secondary N) is 2. The van der Waals surface area contributed by atoms with Crippen LogP contribution in [0.2, 0.25) is 0 Å². The molecular formula is C22H27BrIN6O-. The molecule has 2 heterocycles. The molecule has 0 saturated carbocycles. The number of aromatic nitrogens is 2. The van der Waals surface area contributed by atoms with Gasteiger partial charge in [-0.25, -0.2) is 0 Å². The Morgan fingerprint density at radius 3 is 2.35 bits per heavy atom. The summed E-state index contributed by atoms with van der Waals surface area (Å²) < 4.78 is 3.98. The van der Waals surface area contributed by atoms with Gasteiger partial charge in [0.25, 0.3) is 0 Å². The van der Waals surface area contributed by atoms with E-state index in [1.807, 2.05) is 63.1 Å². The Balaban J connectivity index is 1.68. The van der Waals surface area contributed by atoms with E-state index in [0.717, 1.165) is 36.8 Å². The average Bonchev–Trinajstić information content (AvgIpc) is 2.89. The zero-order chi connectivity index (χ0) is 22.5. The summed E-state index contributed by atoms with van der Waals surface area (Å²) in [7, 11) is 1.97. The van der Waals surface area contributed by atoms with Gasteiger partial charge in [-0.05, 0) is 0 Å². The molecule has 1 aromatic carbocycles. The number of halogens is 2. The number of amidine groups is 1. The maximum absolute atomic E-state index is 9.75. The molecule has 2 atom stereocenters. The third-order valence-corrected chi connectivity index (χ3v) is 7.40. The van der Waals surface area contributed by atoms with E-state index in [2.05, 4.69) is 45.6 Å². The third-order valence-electron chi connectivity index (χ3n) is 4.69. The first-order chi connectivity index (χ1) is 14.7. The number of aliphatic hydroxyl groups is 1. The van der Waals surface area contributed by atoms with Crippen LogP contribution < -0.4 is 36.7 Å². The van der Waals surface area contributed by atoms with Crippen LogP contribution in [0, 0.1) is 13.8 Å². The molecule has 9 heteroatoms. The number of aliphatic hydroxyl groups excluding tert-OH is 1. The van der Waals surface area contributed by atoms with Crippen molar-refractivity contribution in [3.8, 4) is 0 Å². The fraction of sp³-hybridized carbons (Fsp3) is 0.318. The predicted molar refractivity (Wildman–Crippen MR) is 126 cm³/mol. The van der Waals surface area contributed by atoms with Gasteiger partial charge >= 0.3 is 203 Å². The summed E-state index contributed by atoms with van der Waals surface area (Å²) in [6.07, 6.45) is 1.36. The number of aryl methyl sites for hydroxylation is 2. The summed E-state index contributed by atoms with van der Waals surface area (Å²) in [6.45, 7) is 7.68. The summed E-state index contributed by atoms with van der Waals surface area (Å²) in [5.74, 6) is 0.684. The zero-order valence-corrected chi connectivity index (χ0v) is 21.9. The molecule has 1 aliphatic rings. The summed E-state index contributed by atoms with van der Waals surface area (Å²) >= 11 is 3.10. The number of nitrogens with zero attached hydrogens (tertiary/aromatic N) is 4. The van der Waals surface area contributed by atoms with E-state index in [9.17, 15) is 5.11 Å². The number of aliphatic imine (C=N–C) groups is 1. The number of benzene rings is 1. The Morgan fingerprint density at radius 1 is 1.10 bits per heavy atom. The minimum absolute atomic E-state index is 0.0450.